The van der Waals surface area contributed by atoms with Gasteiger partial charge in [-0.3, -0.25) is 14.4 Å². The Bertz CT molecular complexity index is 514. The summed E-state index contributed by atoms with van der Waals surface area (Å²) in [5, 5.41) is 0. The number of ether oxygens (including phenoxy) is 4. The van der Waals surface area contributed by atoms with Crippen LogP contribution in [0.25, 0.3) is 0 Å². The quantitative estimate of drug-likeness (QED) is 0.455. The summed E-state index contributed by atoms with van der Waals surface area (Å²) in [6.07, 6.45) is 0. The van der Waals surface area contributed by atoms with Crippen molar-refractivity contribution in [2.24, 2.45) is 5.92 Å². The fourth-order valence-corrected chi connectivity index (χ4v) is 1.49. The molecule has 0 unspecified atom stereocenters. The van der Waals surface area contributed by atoms with Crippen molar-refractivity contribution >= 4 is 23.4 Å². The van der Waals surface area contributed by atoms with Gasteiger partial charge in [0, 0.05) is 7.11 Å². The van der Waals surface area contributed by atoms with Crippen LogP contribution < -0.4 is 10.5 Å². The first-order chi connectivity index (χ1) is 10.9. The van der Waals surface area contributed by atoms with E-state index in [4.69, 9.17) is 10.5 Å². The van der Waals surface area contributed by atoms with Gasteiger partial charge in [-0.25, -0.2) is 0 Å². The Morgan fingerprint density at radius 1 is 1.00 bits per heavy atom. The van der Waals surface area contributed by atoms with Gasteiger partial charge in [-0.1, -0.05) is 12.1 Å². The van der Waals surface area contributed by atoms with Gasteiger partial charge in [0.1, 0.15) is 12.4 Å². The Kier molecular flexibility index (Phi) is 9.77. The fraction of sp³-hybridized carbons (Fsp3) is 0.400. The molecule has 8 heteroatoms. The highest BCUT2D eigenvalue weighted by molar-refractivity contribution is 6.15. The van der Waals surface area contributed by atoms with Crippen LogP contribution in [0.3, 0.4) is 0 Å². The molecule has 0 fully saturated rings. The largest absolute Gasteiger partial charge is 0.495 e. The van der Waals surface area contributed by atoms with Crippen LogP contribution in [-0.2, 0) is 28.6 Å². The molecule has 0 atom stereocenters. The molecule has 0 aromatic heterocycles. The van der Waals surface area contributed by atoms with E-state index < -0.39 is 23.6 Å². The van der Waals surface area contributed by atoms with E-state index in [-0.39, 0.29) is 6.61 Å². The Morgan fingerprint density at radius 2 is 1.52 bits per heavy atom. The fourth-order valence-electron chi connectivity index (χ4n) is 1.49. The number of ketones is 1. The number of methoxy groups -OCH3 is 4. The van der Waals surface area contributed by atoms with Crippen LogP contribution in [0.15, 0.2) is 24.3 Å². The molecule has 8 nitrogen and oxygen atoms in total. The number of benzene rings is 1. The van der Waals surface area contributed by atoms with Crippen LogP contribution in [-0.4, -0.2) is 52.8 Å². The lowest BCUT2D eigenvalue weighted by atomic mass is 10.1. The zero-order chi connectivity index (χ0) is 17.8. The molecular formula is C15H21NO7. The van der Waals surface area contributed by atoms with Gasteiger partial charge in [0.15, 0.2) is 5.78 Å². The van der Waals surface area contributed by atoms with E-state index in [1.807, 2.05) is 18.2 Å². The van der Waals surface area contributed by atoms with Gasteiger partial charge in [0.2, 0.25) is 5.92 Å². The molecule has 1 aromatic carbocycles. The van der Waals surface area contributed by atoms with Gasteiger partial charge in [0.25, 0.3) is 0 Å². The summed E-state index contributed by atoms with van der Waals surface area (Å²) in [7, 11) is 5.05. The summed E-state index contributed by atoms with van der Waals surface area (Å²) in [5.41, 5.74) is 6.19. The molecule has 0 aliphatic rings. The summed E-state index contributed by atoms with van der Waals surface area (Å²) >= 11 is 0. The molecule has 0 saturated heterocycles. The van der Waals surface area contributed by atoms with Gasteiger partial charge in [-0.2, -0.15) is 0 Å². The summed E-state index contributed by atoms with van der Waals surface area (Å²) < 4.78 is 18.0. The molecule has 1 rings (SSSR count). The van der Waals surface area contributed by atoms with Crippen molar-refractivity contribution in [3.8, 4) is 5.75 Å². The van der Waals surface area contributed by atoms with E-state index >= 15 is 0 Å². The number of para-hydroxylation sites is 2. The second-order valence-corrected chi connectivity index (χ2v) is 4.12. The van der Waals surface area contributed by atoms with E-state index in [9.17, 15) is 14.4 Å². The van der Waals surface area contributed by atoms with Crippen LogP contribution in [0.1, 0.15) is 0 Å². The first-order valence-corrected chi connectivity index (χ1v) is 6.48. The molecule has 23 heavy (non-hydrogen) atoms. The standard InChI is InChI=1S/C8H12O6.C7H9NO/c1-12-4-5(9)6(7(10)13-2)8(11)14-3;1-9-7-5-3-2-4-6(7)8/h6H,4H2,1-3H3;2-5H,8H2,1H3. The maximum Gasteiger partial charge on any atom is 0.327 e. The number of hydrogen-bond acceptors (Lipinski definition) is 8. The summed E-state index contributed by atoms with van der Waals surface area (Å²) in [6, 6.07) is 7.39. The third-order valence-electron chi connectivity index (χ3n) is 2.62. The van der Waals surface area contributed by atoms with Crippen molar-refractivity contribution in [1.82, 2.24) is 0 Å². The van der Waals surface area contributed by atoms with Crippen LogP contribution in [0.4, 0.5) is 5.69 Å². The summed E-state index contributed by atoms with van der Waals surface area (Å²) in [4.78, 5) is 33.3. The van der Waals surface area contributed by atoms with E-state index in [0.717, 1.165) is 20.0 Å². The molecule has 0 spiro atoms. The molecule has 0 saturated carbocycles. The maximum atomic E-state index is 11.2. The predicted octanol–water partition coefficient (Wildman–Crippen LogP) is 0.442. The summed E-state index contributed by atoms with van der Waals surface area (Å²) in [6.45, 7) is -0.338. The van der Waals surface area contributed by atoms with Crippen LogP contribution in [0.5, 0.6) is 5.75 Å². The van der Waals surface area contributed by atoms with Gasteiger partial charge in [-0.15, -0.1) is 0 Å². The topological polar surface area (TPSA) is 114 Å². The van der Waals surface area contributed by atoms with Crippen LogP contribution in [0, 0.1) is 5.92 Å². The number of carbonyl (C=O) groups excluding carboxylic acids is 3. The van der Waals surface area contributed by atoms with Crippen molar-refractivity contribution in [2.45, 2.75) is 0 Å². The van der Waals surface area contributed by atoms with Crippen molar-refractivity contribution in [1.29, 1.82) is 0 Å². The van der Waals surface area contributed by atoms with E-state index in [0.29, 0.717) is 5.69 Å². The highest BCUT2D eigenvalue weighted by atomic mass is 16.5. The number of esters is 2. The van der Waals surface area contributed by atoms with E-state index in [1.54, 1.807) is 13.2 Å². The number of nitrogen functional groups attached to an aromatic ring is 1. The van der Waals surface area contributed by atoms with Crippen molar-refractivity contribution in [3.05, 3.63) is 24.3 Å². The average molecular weight is 327 g/mol. The lowest BCUT2D eigenvalue weighted by molar-refractivity contribution is -0.162. The zero-order valence-electron chi connectivity index (χ0n) is 13.5. The molecule has 0 aliphatic heterocycles. The lowest BCUT2D eigenvalue weighted by Crippen LogP contribution is -2.35. The second-order valence-electron chi connectivity index (χ2n) is 4.12. The molecule has 0 amide bonds. The first kappa shape index (κ1) is 20.4. The predicted molar refractivity (Wildman–Crippen MR) is 81.8 cm³/mol. The third kappa shape index (κ3) is 6.79. The van der Waals surface area contributed by atoms with Gasteiger partial charge in [0.05, 0.1) is 27.0 Å². The number of hydrogen-bond donors (Lipinski definition) is 1. The van der Waals surface area contributed by atoms with Crippen molar-refractivity contribution in [2.75, 3.05) is 40.8 Å². The Hall–Kier alpha value is -2.61. The zero-order valence-corrected chi connectivity index (χ0v) is 13.5. The molecule has 0 radical (unpaired) electrons. The average Bonchev–Trinajstić information content (AvgIpc) is 2.56. The maximum absolute atomic E-state index is 11.2. The van der Waals surface area contributed by atoms with Gasteiger partial charge >= 0.3 is 11.9 Å². The Balaban J connectivity index is 0.000000459. The number of nitrogens with two attached hydrogens (primary N) is 1. The Labute approximate surface area is 134 Å². The first-order valence-electron chi connectivity index (χ1n) is 6.48. The molecule has 1 aromatic rings. The minimum Gasteiger partial charge on any atom is -0.495 e. The Morgan fingerprint density at radius 3 is 1.87 bits per heavy atom. The molecule has 0 bridgehead atoms. The highest BCUT2D eigenvalue weighted by Gasteiger charge is 2.35. The second kappa shape index (κ2) is 11.0. The van der Waals surface area contributed by atoms with Crippen molar-refractivity contribution in [3.63, 3.8) is 0 Å². The highest BCUT2D eigenvalue weighted by Crippen LogP contribution is 2.18. The third-order valence-corrected chi connectivity index (χ3v) is 2.62. The van der Waals surface area contributed by atoms with Crippen LogP contribution in [0.2, 0.25) is 0 Å². The number of rotatable bonds is 6. The van der Waals surface area contributed by atoms with E-state index in [2.05, 4.69) is 14.2 Å². The minimum absolute atomic E-state index is 0.338. The smallest absolute Gasteiger partial charge is 0.327 e. The summed E-state index contributed by atoms with van der Waals surface area (Å²) in [5.74, 6) is -3.40. The minimum atomic E-state index is -1.55. The lowest BCUT2D eigenvalue weighted by Gasteiger charge is -2.10. The van der Waals surface area contributed by atoms with Gasteiger partial charge < -0.3 is 24.7 Å². The molecular weight excluding hydrogens is 306 g/mol. The number of carbonyl (C=O) groups is 3. The normalized spacial score (nSPS) is 9.43. The number of Topliss-reactive ketones (excluding diaryl/α,β-unsaturated/α-hetero) is 1. The molecule has 2 N–H and O–H groups in total. The SMILES string of the molecule is COCC(=O)C(C(=O)OC)C(=O)OC.COc1ccccc1N. The van der Waals surface area contributed by atoms with E-state index in [1.165, 1.54) is 7.11 Å². The molecule has 0 heterocycles. The van der Waals surface area contributed by atoms with Crippen LogP contribution >= 0.6 is 0 Å². The van der Waals surface area contributed by atoms with Crippen molar-refractivity contribution < 1.29 is 33.3 Å². The van der Waals surface area contributed by atoms with Gasteiger partial charge in [-0.05, 0) is 12.1 Å². The number of anilines is 1. The molecule has 128 valence electrons. The monoisotopic (exact) mass is 327 g/mol. The molecule has 0 aliphatic carbocycles.